The molecular weight excluding hydrogens is 424 g/mol. The summed E-state index contributed by atoms with van der Waals surface area (Å²) in [4.78, 5) is 49.0. The first-order valence-corrected chi connectivity index (χ1v) is 10.3. The van der Waals surface area contributed by atoms with E-state index in [9.17, 15) is 9.59 Å². The number of H-pyrrole nitrogens is 2. The van der Waals surface area contributed by atoms with Crippen LogP contribution < -0.4 is 21.5 Å². The summed E-state index contributed by atoms with van der Waals surface area (Å²) in [5, 5.41) is 5.45. The number of nitrogens with zero attached hydrogens (tertiary/aromatic N) is 4. The summed E-state index contributed by atoms with van der Waals surface area (Å²) in [6.07, 6.45) is 13.8. The summed E-state index contributed by atoms with van der Waals surface area (Å²) in [6.45, 7) is 1.95. The zero-order chi connectivity index (χ0) is 22.8. The Bertz CT molecular complexity index is 1400. The van der Waals surface area contributed by atoms with Crippen molar-refractivity contribution >= 4 is 29.7 Å². The molecule has 0 saturated carbocycles. The highest BCUT2D eigenvalue weighted by molar-refractivity contribution is 6.02. The van der Waals surface area contributed by atoms with Crippen LogP contribution in [0.1, 0.15) is 45.6 Å². The lowest BCUT2D eigenvalue weighted by Gasteiger charge is -2.06. The lowest BCUT2D eigenvalue weighted by Crippen LogP contribution is -2.31. The van der Waals surface area contributed by atoms with Gasteiger partial charge in [-0.1, -0.05) is 0 Å². The standard InChI is InChI=1S/C22H20N8O3/c1-12-13(2-3-18(31)21-25-7-8-26-21)19(15-4-9-33-30-15)16(28-12)10-17-20(24-6-5-23-17)14-11-27-29-22(14)32/h4-11,14,28,30H,2-3H2,1H3,(H,25,26)(H,29,32). The van der Waals surface area contributed by atoms with Crippen LogP contribution in [0.3, 0.4) is 0 Å². The minimum absolute atomic E-state index is 0.0731. The van der Waals surface area contributed by atoms with Gasteiger partial charge in [0.15, 0.2) is 11.6 Å². The molecule has 1 unspecified atom stereocenters. The summed E-state index contributed by atoms with van der Waals surface area (Å²) in [5.74, 6) is -0.605. The first kappa shape index (κ1) is 20.4. The quantitative estimate of drug-likeness (QED) is 0.386. The minimum atomic E-state index is -0.615. The fraction of sp³-hybridized carbons (Fsp3) is 0.182. The highest BCUT2D eigenvalue weighted by Gasteiger charge is 2.26. The number of nitrogens with one attached hydrogen (secondary N) is 4. The summed E-state index contributed by atoms with van der Waals surface area (Å²) in [6, 6.07) is 0. The van der Waals surface area contributed by atoms with Crippen molar-refractivity contribution in [2.24, 2.45) is 5.10 Å². The second-order valence-corrected chi connectivity index (χ2v) is 7.52. The van der Waals surface area contributed by atoms with Crippen LogP contribution in [0.2, 0.25) is 0 Å². The van der Waals surface area contributed by atoms with Crippen LogP contribution >= 0.6 is 0 Å². The Morgan fingerprint density at radius 1 is 1.21 bits per heavy atom. The van der Waals surface area contributed by atoms with Crippen LogP contribution in [0.25, 0.3) is 11.8 Å². The van der Waals surface area contributed by atoms with Gasteiger partial charge in [-0.25, -0.2) is 15.9 Å². The molecule has 0 spiro atoms. The number of aryl methyl sites for hydroxylation is 1. The Labute approximate surface area is 187 Å². The molecule has 4 N–H and O–H groups in total. The fourth-order valence-corrected chi connectivity index (χ4v) is 3.92. The van der Waals surface area contributed by atoms with E-state index in [1.807, 2.05) is 19.1 Å². The molecule has 1 atom stereocenters. The second kappa shape index (κ2) is 8.54. The highest BCUT2D eigenvalue weighted by atomic mass is 16.6. The molecule has 0 fully saturated rings. The normalized spacial score (nSPS) is 19.0. The molecule has 5 heterocycles. The zero-order valence-electron chi connectivity index (χ0n) is 17.6. The summed E-state index contributed by atoms with van der Waals surface area (Å²) in [5.41, 5.74) is 8.97. The summed E-state index contributed by atoms with van der Waals surface area (Å²) in [7, 11) is 0. The van der Waals surface area contributed by atoms with Gasteiger partial charge in [-0.3, -0.25) is 19.6 Å². The van der Waals surface area contributed by atoms with E-state index in [0.717, 1.165) is 27.5 Å². The molecule has 11 nitrogen and oxygen atoms in total. The molecule has 11 heteroatoms. The largest absolute Gasteiger partial charge is 0.390 e. The van der Waals surface area contributed by atoms with Gasteiger partial charge in [-0.15, -0.1) is 0 Å². The highest BCUT2D eigenvalue weighted by Crippen LogP contribution is 2.18. The van der Waals surface area contributed by atoms with E-state index >= 15 is 0 Å². The van der Waals surface area contributed by atoms with E-state index in [0.29, 0.717) is 23.6 Å². The van der Waals surface area contributed by atoms with Gasteiger partial charge < -0.3 is 14.8 Å². The number of hydrogen-bond donors (Lipinski definition) is 4. The summed E-state index contributed by atoms with van der Waals surface area (Å²) < 4.78 is 0. The van der Waals surface area contributed by atoms with E-state index in [1.54, 1.807) is 31.0 Å². The number of imidazole rings is 1. The Morgan fingerprint density at radius 3 is 2.82 bits per heavy atom. The lowest BCUT2D eigenvalue weighted by molar-refractivity contribution is -0.120. The zero-order valence-corrected chi connectivity index (χ0v) is 17.6. The van der Waals surface area contributed by atoms with Crippen LogP contribution in [0.5, 0.6) is 0 Å². The van der Waals surface area contributed by atoms with Gasteiger partial charge in [0, 0.05) is 54.4 Å². The number of carbonyl (C=O) groups excluding carboxylic acids is 2. The fourth-order valence-electron chi connectivity index (χ4n) is 3.92. The van der Waals surface area contributed by atoms with Gasteiger partial charge in [0.1, 0.15) is 12.2 Å². The number of rotatable bonds is 6. The maximum absolute atomic E-state index is 12.5. The van der Waals surface area contributed by atoms with E-state index < -0.39 is 5.92 Å². The molecule has 0 saturated heterocycles. The van der Waals surface area contributed by atoms with Gasteiger partial charge in [-0.2, -0.15) is 5.10 Å². The average molecular weight is 444 g/mol. The number of Topliss-reactive ketones (excluding diaryl/α,β-unsaturated/α-hetero) is 1. The number of hydroxylamine groups is 1. The molecule has 5 rings (SSSR count). The van der Waals surface area contributed by atoms with Crippen LogP contribution in [-0.4, -0.2) is 42.8 Å². The Kier molecular flexibility index (Phi) is 5.27. The van der Waals surface area contributed by atoms with Crippen molar-refractivity contribution < 1.29 is 14.4 Å². The van der Waals surface area contributed by atoms with Crippen LogP contribution in [0.4, 0.5) is 0 Å². The van der Waals surface area contributed by atoms with Crippen molar-refractivity contribution in [2.75, 3.05) is 0 Å². The van der Waals surface area contributed by atoms with E-state index in [1.165, 1.54) is 6.21 Å². The van der Waals surface area contributed by atoms with Gasteiger partial charge in [0.05, 0.1) is 22.4 Å². The molecule has 0 bridgehead atoms. The number of hydrogen-bond acceptors (Lipinski definition) is 8. The first-order chi connectivity index (χ1) is 16.1. The number of amides is 1. The predicted octanol–water partition coefficient (Wildman–Crippen LogP) is -0.164. The van der Waals surface area contributed by atoms with Gasteiger partial charge in [0.2, 0.25) is 0 Å². The van der Waals surface area contributed by atoms with Crippen LogP contribution in [-0.2, 0) is 16.1 Å². The first-order valence-electron chi connectivity index (χ1n) is 10.3. The van der Waals surface area contributed by atoms with E-state index in [-0.39, 0.29) is 18.1 Å². The van der Waals surface area contributed by atoms with Crippen LogP contribution in [0.15, 0.2) is 42.2 Å². The Morgan fingerprint density at radius 2 is 2.09 bits per heavy atom. The maximum Gasteiger partial charge on any atom is 0.254 e. The SMILES string of the molecule is Cc1[nH]c(=Cc2nccnc2C2C=NNC2=O)c(=C2C=CON2)c1CCC(=O)c1ncc[nH]1. The Hall–Kier alpha value is -4.54. The van der Waals surface area contributed by atoms with Gasteiger partial charge in [-0.05, 0) is 25.0 Å². The molecule has 3 aromatic heterocycles. The van der Waals surface area contributed by atoms with Crippen molar-refractivity contribution in [3.63, 3.8) is 0 Å². The number of carbonyl (C=O) groups is 2. The monoisotopic (exact) mass is 444 g/mol. The van der Waals surface area contributed by atoms with Crippen LogP contribution in [0, 0.1) is 6.92 Å². The smallest absolute Gasteiger partial charge is 0.254 e. The number of ketones is 1. The third-order valence-corrected chi connectivity index (χ3v) is 5.46. The van der Waals surface area contributed by atoms with Gasteiger partial charge in [0.25, 0.3) is 5.91 Å². The average Bonchev–Trinajstić information content (AvgIpc) is 3.61. The molecule has 1 amide bonds. The number of aromatic nitrogens is 5. The molecular formula is C22H20N8O3. The molecule has 166 valence electrons. The van der Waals surface area contributed by atoms with Gasteiger partial charge >= 0.3 is 0 Å². The summed E-state index contributed by atoms with van der Waals surface area (Å²) >= 11 is 0. The Balaban J connectivity index is 1.59. The topological polar surface area (TPSA) is 150 Å². The van der Waals surface area contributed by atoms with Crippen molar-refractivity contribution in [1.82, 2.24) is 35.8 Å². The van der Waals surface area contributed by atoms with Crippen molar-refractivity contribution in [1.29, 1.82) is 0 Å². The number of hydrazone groups is 1. The maximum atomic E-state index is 12.5. The third-order valence-electron chi connectivity index (χ3n) is 5.46. The number of aromatic amines is 2. The third kappa shape index (κ3) is 3.91. The van der Waals surface area contributed by atoms with E-state index in [4.69, 9.17) is 4.84 Å². The molecule has 33 heavy (non-hydrogen) atoms. The molecule has 0 aromatic carbocycles. The minimum Gasteiger partial charge on any atom is -0.390 e. The second-order valence-electron chi connectivity index (χ2n) is 7.52. The van der Waals surface area contributed by atoms with Crippen molar-refractivity contribution in [3.8, 4) is 0 Å². The van der Waals surface area contributed by atoms with E-state index in [2.05, 4.69) is 40.9 Å². The molecule has 0 aliphatic carbocycles. The lowest BCUT2D eigenvalue weighted by atomic mass is 10.0. The molecule has 0 radical (unpaired) electrons. The van der Waals surface area contributed by atoms with Crippen molar-refractivity contribution in [3.05, 3.63) is 76.2 Å². The predicted molar refractivity (Wildman–Crippen MR) is 118 cm³/mol. The molecule has 2 aliphatic rings. The van der Waals surface area contributed by atoms with Crippen molar-refractivity contribution in [2.45, 2.75) is 25.7 Å². The molecule has 2 aliphatic heterocycles. The molecule has 3 aromatic rings.